The van der Waals surface area contributed by atoms with Crippen molar-refractivity contribution in [3.8, 4) is 0 Å². The Morgan fingerprint density at radius 3 is 2.96 bits per heavy atom. The predicted octanol–water partition coefficient (Wildman–Crippen LogP) is 1.33. The smallest absolute Gasteiger partial charge is 0.226 e. The second-order valence-corrected chi connectivity index (χ2v) is 5.74. The molecule has 1 fully saturated rings. The van der Waals surface area contributed by atoms with Crippen LogP contribution in [0, 0.1) is 0 Å². The molecule has 1 aromatic carbocycles. The molecule has 0 radical (unpaired) electrons. The summed E-state index contributed by atoms with van der Waals surface area (Å²) in [5.74, 6) is 0.0308. The van der Waals surface area contributed by atoms with E-state index in [-0.39, 0.29) is 30.3 Å². The maximum atomic E-state index is 12.1. The molecule has 1 saturated heterocycles. The Bertz CT molecular complexity index is 588. The van der Waals surface area contributed by atoms with Crippen LogP contribution in [-0.4, -0.2) is 44.2 Å². The molecule has 1 aromatic rings. The van der Waals surface area contributed by atoms with Gasteiger partial charge in [0.05, 0.1) is 13.2 Å². The van der Waals surface area contributed by atoms with Gasteiger partial charge in [-0.25, -0.2) is 0 Å². The molecule has 23 heavy (non-hydrogen) atoms. The van der Waals surface area contributed by atoms with E-state index < -0.39 is 0 Å². The van der Waals surface area contributed by atoms with Gasteiger partial charge in [-0.05, 0) is 30.2 Å². The summed E-state index contributed by atoms with van der Waals surface area (Å²) in [4.78, 5) is 25.4. The molecule has 2 aliphatic heterocycles. The van der Waals surface area contributed by atoms with Crippen LogP contribution in [0.5, 0.6) is 0 Å². The lowest BCUT2D eigenvalue weighted by atomic mass is 10.1. The van der Waals surface area contributed by atoms with Gasteiger partial charge in [-0.3, -0.25) is 9.59 Å². The van der Waals surface area contributed by atoms with Gasteiger partial charge in [0.25, 0.3) is 0 Å². The van der Waals surface area contributed by atoms with Gasteiger partial charge in [0, 0.05) is 43.9 Å². The van der Waals surface area contributed by atoms with Crippen molar-refractivity contribution in [1.82, 2.24) is 5.32 Å². The Hall–Kier alpha value is -1.63. The van der Waals surface area contributed by atoms with Crippen LogP contribution in [0.4, 0.5) is 11.4 Å². The zero-order valence-corrected chi connectivity index (χ0v) is 13.9. The van der Waals surface area contributed by atoms with E-state index in [4.69, 9.17) is 4.74 Å². The SMILES string of the molecule is CC(=O)N1CCc2cc(NC(=O)CC3COCCN3)ccc21.Cl. The van der Waals surface area contributed by atoms with E-state index in [9.17, 15) is 9.59 Å². The zero-order chi connectivity index (χ0) is 15.5. The average Bonchev–Trinajstić information content (AvgIpc) is 2.91. The largest absolute Gasteiger partial charge is 0.378 e. The third-order valence-corrected chi connectivity index (χ3v) is 4.07. The highest BCUT2D eigenvalue weighted by atomic mass is 35.5. The van der Waals surface area contributed by atoms with Crippen molar-refractivity contribution in [2.75, 3.05) is 36.5 Å². The number of carbonyl (C=O) groups is 2. The fourth-order valence-corrected chi connectivity index (χ4v) is 2.99. The molecule has 0 bridgehead atoms. The number of nitrogens with zero attached hydrogens (tertiary/aromatic N) is 1. The summed E-state index contributed by atoms with van der Waals surface area (Å²) < 4.78 is 5.35. The Balaban J connectivity index is 0.00000192. The number of nitrogens with one attached hydrogen (secondary N) is 2. The predicted molar refractivity (Wildman–Crippen MR) is 91.3 cm³/mol. The van der Waals surface area contributed by atoms with E-state index >= 15 is 0 Å². The maximum Gasteiger partial charge on any atom is 0.226 e. The number of carbonyl (C=O) groups excluding carboxylic acids is 2. The molecule has 0 spiro atoms. The van der Waals surface area contributed by atoms with E-state index in [0.29, 0.717) is 26.2 Å². The summed E-state index contributed by atoms with van der Waals surface area (Å²) in [5, 5.41) is 6.19. The van der Waals surface area contributed by atoms with Crippen LogP contribution in [0.3, 0.4) is 0 Å². The molecule has 0 saturated carbocycles. The maximum absolute atomic E-state index is 12.1. The van der Waals surface area contributed by atoms with E-state index in [0.717, 1.165) is 29.9 Å². The molecule has 2 N–H and O–H groups in total. The first kappa shape index (κ1) is 17.7. The van der Waals surface area contributed by atoms with Crippen molar-refractivity contribution in [3.05, 3.63) is 23.8 Å². The molecular formula is C16H22ClN3O3. The number of amides is 2. The van der Waals surface area contributed by atoms with Crippen molar-refractivity contribution in [2.24, 2.45) is 0 Å². The standard InChI is InChI=1S/C16H21N3O3.ClH/c1-11(20)19-6-4-12-8-13(2-3-15(12)19)18-16(21)9-14-10-22-7-5-17-14;/h2-3,8,14,17H,4-7,9-10H2,1H3,(H,18,21);1H. The highest BCUT2D eigenvalue weighted by Crippen LogP contribution is 2.30. The number of rotatable bonds is 3. The third-order valence-electron chi connectivity index (χ3n) is 4.07. The van der Waals surface area contributed by atoms with Crippen molar-refractivity contribution >= 4 is 35.6 Å². The summed E-state index contributed by atoms with van der Waals surface area (Å²) in [7, 11) is 0. The minimum atomic E-state index is -0.0237. The minimum Gasteiger partial charge on any atom is -0.378 e. The molecule has 6 nitrogen and oxygen atoms in total. The van der Waals surface area contributed by atoms with Gasteiger partial charge >= 0.3 is 0 Å². The quantitative estimate of drug-likeness (QED) is 0.871. The molecule has 0 aliphatic carbocycles. The Morgan fingerprint density at radius 1 is 1.43 bits per heavy atom. The first-order chi connectivity index (χ1) is 10.6. The van der Waals surface area contributed by atoms with Crippen LogP contribution in [0.1, 0.15) is 18.9 Å². The summed E-state index contributed by atoms with van der Waals surface area (Å²) in [5.41, 5.74) is 2.84. The van der Waals surface area contributed by atoms with Gasteiger partial charge in [0.15, 0.2) is 0 Å². The van der Waals surface area contributed by atoms with Gasteiger partial charge in [0.2, 0.25) is 11.8 Å². The zero-order valence-electron chi connectivity index (χ0n) is 13.1. The molecule has 7 heteroatoms. The number of fused-ring (bicyclic) bond motifs is 1. The second-order valence-electron chi connectivity index (χ2n) is 5.74. The molecular weight excluding hydrogens is 318 g/mol. The lowest BCUT2D eigenvalue weighted by Gasteiger charge is -2.23. The normalized spacial score (nSPS) is 19.7. The topological polar surface area (TPSA) is 70.7 Å². The number of hydrogen-bond acceptors (Lipinski definition) is 4. The molecule has 2 amide bonds. The summed E-state index contributed by atoms with van der Waals surface area (Å²) >= 11 is 0. The Labute approximate surface area is 142 Å². The molecule has 1 atom stereocenters. The minimum absolute atomic E-state index is 0. The van der Waals surface area contributed by atoms with Crippen LogP contribution >= 0.6 is 12.4 Å². The second kappa shape index (κ2) is 7.77. The van der Waals surface area contributed by atoms with Crippen LogP contribution in [0.15, 0.2) is 18.2 Å². The fourth-order valence-electron chi connectivity index (χ4n) is 2.99. The summed E-state index contributed by atoms with van der Waals surface area (Å²) in [6.45, 7) is 4.36. The van der Waals surface area contributed by atoms with E-state index in [1.165, 1.54) is 0 Å². The molecule has 3 rings (SSSR count). The lowest BCUT2D eigenvalue weighted by Crippen LogP contribution is -2.43. The summed E-state index contributed by atoms with van der Waals surface area (Å²) in [6.07, 6.45) is 1.23. The van der Waals surface area contributed by atoms with Crippen molar-refractivity contribution in [3.63, 3.8) is 0 Å². The van der Waals surface area contributed by atoms with Crippen LogP contribution in [0.2, 0.25) is 0 Å². The highest BCUT2D eigenvalue weighted by Gasteiger charge is 2.22. The fraction of sp³-hybridized carbons (Fsp3) is 0.500. The van der Waals surface area contributed by atoms with Crippen molar-refractivity contribution < 1.29 is 14.3 Å². The monoisotopic (exact) mass is 339 g/mol. The van der Waals surface area contributed by atoms with Crippen LogP contribution in [0.25, 0.3) is 0 Å². The van der Waals surface area contributed by atoms with E-state index in [1.54, 1.807) is 11.8 Å². The molecule has 2 aliphatic rings. The first-order valence-corrected chi connectivity index (χ1v) is 7.65. The highest BCUT2D eigenvalue weighted by molar-refractivity contribution is 5.95. The van der Waals surface area contributed by atoms with Crippen LogP contribution < -0.4 is 15.5 Å². The number of halogens is 1. The Morgan fingerprint density at radius 2 is 2.26 bits per heavy atom. The number of morpholine rings is 1. The molecule has 1 unspecified atom stereocenters. The summed E-state index contributed by atoms with van der Waals surface area (Å²) in [6, 6.07) is 5.79. The number of anilines is 2. The first-order valence-electron chi connectivity index (χ1n) is 7.65. The number of hydrogen-bond donors (Lipinski definition) is 2. The van der Waals surface area contributed by atoms with Gasteiger partial charge in [-0.1, -0.05) is 0 Å². The Kier molecular flexibility index (Phi) is 5.98. The molecule has 126 valence electrons. The third kappa shape index (κ3) is 4.22. The van der Waals surface area contributed by atoms with Gasteiger partial charge < -0.3 is 20.3 Å². The number of ether oxygens (including phenoxy) is 1. The van der Waals surface area contributed by atoms with E-state index in [2.05, 4.69) is 10.6 Å². The van der Waals surface area contributed by atoms with Crippen molar-refractivity contribution in [2.45, 2.75) is 25.8 Å². The number of benzene rings is 1. The van der Waals surface area contributed by atoms with Crippen LogP contribution in [-0.2, 0) is 20.7 Å². The van der Waals surface area contributed by atoms with Gasteiger partial charge in [-0.15, -0.1) is 12.4 Å². The molecule has 2 heterocycles. The van der Waals surface area contributed by atoms with E-state index in [1.807, 2.05) is 18.2 Å². The van der Waals surface area contributed by atoms with Crippen molar-refractivity contribution in [1.29, 1.82) is 0 Å². The lowest BCUT2D eigenvalue weighted by molar-refractivity contribution is -0.117. The van der Waals surface area contributed by atoms with Gasteiger partial charge in [-0.2, -0.15) is 0 Å². The average molecular weight is 340 g/mol. The van der Waals surface area contributed by atoms with Gasteiger partial charge in [0.1, 0.15) is 0 Å². The molecule has 0 aromatic heterocycles.